The molecule has 0 aliphatic carbocycles. The summed E-state index contributed by atoms with van der Waals surface area (Å²) in [6.07, 6.45) is 2.07. The maximum atomic E-state index is 12.0. The second-order valence-electron chi connectivity index (χ2n) is 4.31. The summed E-state index contributed by atoms with van der Waals surface area (Å²) in [7, 11) is 0. The van der Waals surface area contributed by atoms with Crippen molar-refractivity contribution in [3.05, 3.63) is 36.4 Å². The van der Waals surface area contributed by atoms with Crippen LogP contribution in [0.2, 0.25) is 0 Å². The second-order valence-corrected chi connectivity index (χ2v) is 5.33. The molecule has 1 unspecified atom stereocenters. The first kappa shape index (κ1) is 13.2. The Morgan fingerprint density at radius 2 is 2.39 bits per heavy atom. The zero-order valence-electron chi connectivity index (χ0n) is 10.4. The summed E-state index contributed by atoms with van der Waals surface area (Å²) in [5, 5.41) is 9.63. The van der Waals surface area contributed by atoms with E-state index in [0.29, 0.717) is 12.3 Å². The lowest BCUT2D eigenvalue weighted by Crippen LogP contribution is -2.36. The first-order chi connectivity index (χ1) is 8.63. The van der Waals surface area contributed by atoms with Crippen molar-refractivity contribution in [3.63, 3.8) is 0 Å². The molecule has 0 radical (unpaired) electrons. The van der Waals surface area contributed by atoms with E-state index in [9.17, 15) is 9.90 Å². The zero-order valence-corrected chi connectivity index (χ0v) is 11.2. The lowest BCUT2D eigenvalue weighted by Gasteiger charge is -2.29. The number of aliphatic hydroxyl groups is 1. The number of carbonyl (C=O) groups excluding carboxylic acids is 1. The Kier molecular flexibility index (Phi) is 4.09. The van der Waals surface area contributed by atoms with Crippen LogP contribution in [-0.4, -0.2) is 23.3 Å². The largest absolute Gasteiger partial charge is 0.389 e. The van der Waals surface area contributed by atoms with Gasteiger partial charge in [-0.2, -0.15) is 0 Å². The van der Waals surface area contributed by atoms with Crippen LogP contribution in [0.25, 0.3) is 0 Å². The topological polar surface area (TPSA) is 40.5 Å². The van der Waals surface area contributed by atoms with Crippen molar-refractivity contribution in [3.8, 4) is 0 Å². The molecule has 4 heteroatoms. The fraction of sp³-hybridized carbons (Fsp3) is 0.357. The van der Waals surface area contributed by atoms with Gasteiger partial charge in [0.15, 0.2) is 0 Å². The van der Waals surface area contributed by atoms with Gasteiger partial charge in [-0.1, -0.05) is 12.1 Å². The Hall–Kier alpha value is -1.26. The summed E-state index contributed by atoms with van der Waals surface area (Å²) >= 11 is 1.56. The number of thioether (sulfide) groups is 1. The summed E-state index contributed by atoms with van der Waals surface area (Å²) in [6, 6.07) is 5.81. The van der Waals surface area contributed by atoms with Crippen LogP contribution in [-0.2, 0) is 4.79 Å². The first-order valence-electron chi connectivity index (χ1n) is 5.99. The number of carbonyl (C=O) groups is 1. The van der Waals surface area contributed by atoms with Gasteiger partial charge in [-0.3, -0.25) is 4.79 Å². The number of fused-ring (bicyclic) bond motifs is 1. The highest BCUT2D eigenvalue weighted by atomic mass is 32.2. The highest BCUT2D eigenvalue weighted by Gasteiger charge is 2.24. The van der Waals surface area contributed by atoms with Crippen molar-refractivity contribution in [2.24, 2.45) is 0 Å². The van der Waals surface area contributed by atoms with Crippen LogP contribution in [0.5, 0.6) is 0 Å². The minimum Gasteiger partial charge on any atom is -0.389 e. The summed E-state index contributed by atoms with van der Waals surface area (Å²) in [6.45, 7) is 6.07. The fourth-order valence-corrected chi connectivity index (χ4v) is 2.86. The molecule has 1 heterocycles. The SMILES string of the molecule is C=CCCN1C(=O)CSc2ccc(C(C)O)cc21. The van der Waals surface area contributed by atoms with Crippen molar-refractivity contribution >= 4 is 23.4 Å². The van der Waals surface area contributed by atoms with Crippen LogP contribution in [0.3, 0.4) is 0 Å². The van der Waals surface area contributed by atoms with E-state index < -0.39 is 6.10 Å². The number of benzene rings is 1. The zero-order chi connectivity index (χ0) is 13.1. The predicted molar refractivity (Wildman–Crippen MR) is 75.0 cm³/mol. The normalized spacial score (nSPS) is 16.3. The molecule has 1 aliphatic rings. The highest BCUT2D eigenvalue weighted by molar-refractivity contribution is 8.00. The van der Waals surface area contributed by atoms with Crippen molar-refractivity contribution in [2.45, 2.75) is 24.3 Å². The molecule has 1 N–H and O–H groups in total. The van der Waals surface area contributed by atoms with Gasteiger partial charge in [0, 0.05) is 11.4 Å². The Labute approximate surface area is 111 Å². The van der Waals surface area contributed by atoms with Crippen LogP contribution in [0.1, 0.15) is 25.0 Å². The molecular formula is C14H17NO2S. The highest BCUT2D eigenvalue weighted by Crippen LogP contribution is 2.37. The standard InChI is InChI=1S/C14H17NO2S/c1-3-4-7-15-12-8-11(10(2)16)5-6-13(12)18-9-14(15)17/h3,5-6,8,10,16H,1,4,7,9H2,2H3. The maximum Gasteiger partial charge on any atom is 0.237 e. The van der Waals surface area contributed by atoms with Crippen molar-refractivity contribution in [1.82, 2.24) is 0 Å². The Bertz CT molecular complexity index is 471. The minimum atomic E-state index is -0.515. The molecule has 0 fully saturated rings. The number of amides is 1. The molecule has 0 saturated carbocycles. The minimum absolute atomic E-state index is 0.122. The van der Waals surface area contributed by atoms with Crippen LogP contribution in [0.15, 0.2) is 35.7 Å². The van der Waals surface area contributed by atoms with Crippen LogP contribution in [0.4, 0.5) is 5.69 Å². The average Bonchev–Trinajstić information content (AvgIpc) is 2.37. The molecule has 2 rings (SSSR count). The molecule has 96 valence electrons. The van der Waals surface area contributed by atoms with E-state index >= 15 is 0 Å². The molecule has 0 spiro atoms. The van der Waals surface area contributed by atoms with Crippen LogP contribution < -0.4 is 4.90 Å². The van der Waals surface area contributed by atoms with E-state index in [0.717, 1.165) is 22.6 Å². The van der Waals surface area contributed by atoms with Crippen molar-refractivity contribution in [1.29, 1.82) is 0 Å². The first-order valence-corrected chi connectivity index (χ1v) is 6.98. The summed E-state index contributed by atoms with van der Waals surface area (Å²) < 4.78 is 0. The van der Waals surface area contributed by atoms with Gasteiger partial charge in [-0.25, -0.2) is 0 Å². The molecule has 18 heavy (non-hydrogen) atoms. The van der Waals surface area contributed by atoms with Gasteiger partial charge >= 0.3 is 0 Å². The Morgan fingerprint density at radius 1 is 1.61 bits per heavy atom. The number of rotatable bonds is 4. The fourth-order valence-electron chi connectivity index (χ4n) is 1.94. The molecule has 1 aromatic rings. The third-order valence-corrected chi connectivity index (χ3v) is 4.01. The third kappa shape index (κ3) is 2.60. The summed E-state index contributed by atoms with van der Waals surface area (Å²) in [4.78, 5) is 14.8. The maximum absolute atomic E-state index is 12.0. The Balaban J connectivity index is 2.36. The third-order valence-electron chi connectivity index (χ3n) is 2.97. The lowest BCUT2D eigenvalue weighted by molar-refractivity contribution is -0.116. The van der Waals surface area contributed by atoms with Gasteiger partial charge in [0.25, 0.3) is 0 Å². The van der Waals surface area contributed by atoms with Gasteiger partial charge in [0.2, 0.25) is 5.91 Å². The number of hydrogen-bond acceptors (Lipinski definition) is 3. The lowest BCUT2D eigenvalue weighted by atomic mass is 10.1. The molecule has 1 aromatic carbocycles. The van der Waals surface area contributed by atoms with E-state index in [1.165, 1.54) is 0 Å². The van der Waals surface area contributed by atoms with E-state index in [1.54, 1.807) is 23.6 Å². The average molecular weight is 263 g/mol. The van der Waals surface area contributed by atoms with E-state index in [-0.39, 0.29) is 5.91 Å². The molecule has 1 atom stereocenters. The number of nitrogens with zero attached hydrogens (tertiary/aromatic N) is 1. The summed E-state index contributed by atoms with van der Waals surface area (Å²) in [5.41, 5.74) is 1.75. The van der Waals surface area contributed by atoms with E-state index in [1.807, 2.05) is 24.3 Å². The molecule has 0 saturated heterocycles. The molecule has 0 bridgehead atoms. The molecular weight excluding hydrogens is 246 g/mol. The van der Waals surface area contributed by atoms with Gasteiger partial charge < -0.3 is 10.0 Å². The molecule has 1 amide bonds. The number of aliphatic hydroxyl groups excluding tert-OH is 1. The van der Waals surface area contributed by atoms with Gasteiger partial charge in [-0.15, -0.1) is 18.3 Å². The molecule has 1 aliphatic heterocycles. The Morgan fingerprint density at radius 3 is 3.06 bits per heavy atom. The predicted octanol–water partition coefficient (Wildman–Crippen LogP) is 2.75. The van der Waals surface area contributed by atoms with Crippen LogP contribution in [0, 0.1) is 0 Å². The smallest absolute Gasteiger partial charge is 0.237 e. The molecule has 3 nitrogen and oxygen atoms in total. The van der Waals surface area contributed by atoms with Gasteiger partial charge in [0.05, 0.1) is 17.5 Å². The van der Waals surface area contributed by atoms with E-state index in [2.05, 4.69) is 6.58 Å². The molecule has 0 aromatic heterocycles. The quantitative estimate of drug-likeness (QED) is 0.849. The second kappa shape index (κ2) is 5.59. The summed E-state index contributed by atoms with van der Waals surface area (Å²) in [5.74, 6) is 0.607. The number of hydrogen-bond donors (Lipinski definition) is 1. The van der Waals surface area contributed by atoms with Crippen molar-refractivity contribution < 1.29 is 9.90 Å². The van der Waals surface area contributed by atoms with Crippen LogP contribution >= 0.6 is 11.8 Å². The van der Waals surface area contributed by atoms with Gasteiger partial charge in [-0.05, 0) is 31.0 Å². The van der Waals surface area contributed by atoms with Gasteiger partial charge in [0.1, 0.15) is 0 Å². The van der Waals surface area contributed by atoms with E-state index in [4.69, 9.17) is 0 Å². The van der Waals surface area contributed by atoms with Crippen molar-refractivity contribution in [2.75, 3.05) is 17.2 Å². The number of anilines is 1. The monoisotopic (exact) mass is 263 g/mol.